The lowest BCUT2D eigenvalue weighted by molar-refractivity contribution is 0.669. The van der Waals surface area contributed by atoms with Crippen molar-refractivity contribution in [3.05, 3.63) is 158 Å². The standard InChI is InChI=1S/C44H26N4O/c1-4-12-36-34(11-1)43-45-37-13-5-7-15-40(37)48(43)44(46-36)47-38-14-6-2-9-31(38)35-25-29(22-24-39(35)47)27-17-19-28(20-18-27)30-21-23-33-32-10-3-8-16-41(32)49-42(33)26-30/h1-26H. The summed E-state index contributed by atoms with van der Waals surface area (Å²) in [6.07, 6.45) is 0. The van der Waals surface area contributed by atoms with Crippen LogP contribution in [-0.4, -0.2) is 18.9 Å². The summed E-state index contributed by atoms with van der Waals surface area (Å²) >= 11 is 0. The Kier molecular flexibility index (Phi) is 5.32. The maximum atomic E-state index is 6.17. The van der Waals surface area contributed by atoms with Gasteiger partial charge in [0.25, 0.3) is 0 Å². The fourth-order valence-corrected chi connectivity index (χ4v) is 7.61. The van der Waals surface area contributed by atoms with Crippen LogP contribution in [-0.2, 0) is 0 Å². The number of rotatable bonds is 3. The number of hydrogen-bond acceptors (Lipinski definition) is 3. The molecule has 11 aromatic rings. The Bertz CT molecular complexity index is 3110. The van der Waals surface area contributed by atoms with Gasteiger partial charge in [-0.3, -0.25) is 8.97 Å². The Morgan fingerprint density at radius 2 is 0.980 bits per heavy atom. The van der Waals surface area contributed by atoms with Crippen molar-refractivity contribution < 1.29 is 4.42 Å². The van der Waals surface area contributed by atoms with Gasteiger partial charge >= 0.3 is 0 Å². The molecule has 49 heavy (non-hydrogen) atoms. The van der Waals surface area contributed by atoms with Gasteiger partial charge in [-0.1, -0.05) is 97.1 Å². The molecule has 0 aliphatic carbocycles. The van der Waals surface area contributed by atoms with Crippen molar-refractivity contribution >= 4 is 71.3 Å². The van der Waals surface area contributed by atoms with E-state index in [1.54, 1.807) is 0 Å². The summed E-state index contributed by atoms with van der Waals surface area (Å²) in [5.41, 5.74) is 12.5. The molecule has 0 fully saturated rings. The summed E-state index contributed by atoms with van der Waals surface area (Å²) < 4.78 is 10.7. The number of furan rings is 1. The third-order valence-corrected chi connectivity index (χ3v) is 9.93. The molecule has 5 nitrogen and oxygen atoms in total. The first-order valence-electron chi connectivity index (χ1n) is 16.5. The number of hydrogen-bond donors (Lipinski definition) is 0. The van der Waals surface area contributed by atoms with Gasteiger partial charge in [-0.15, -0.1) is 0 Å². The van der Waals surface area contributed by atoms with Crippen LogP contribution in [0.15, 0.2) is 162 Å². The highest BCUT2D eigenvalue weighted by Gasteiger charge is 2.20. The van der Waals surface area contributed by atoms with Gasteiger partial charge in [0, 0.05) is 26.9 Å². The molecule has 0 saturated heterocycles. The van der Waals surface area contributed by atoms with E-state index in [1.807, 2.05) is 24.3 Å². The van der Waals surface area contributed by atoms with Crippen LogP contribution in [0.2, 0.25) is 0 Å². The molecule has 0 bridgehead atoms. The number of nitrogens with zero attached hydrogens (tertiary/aromatic N) is 4. The van der Waals surface area contributed by atoms with Crippen molar-refractivity contribution in [3.8, 4) is 28.2 Å². The Hall–Kier alpha value is -6.72. The van der Waals surface area contributed by atoms with Crippen molar-refractivity contribution in [1.82, 2.24) is 18.9 Å². The normalized spacial score (nSPS) is 12.1. The molecule has 0 aliphatic rings. The largest absolute Gasteiger partial charge is 0.456 e. The Balaban J connectivity index is 1.07. The van der Waals surface area contributed by atoms with E-state index in [2.05, 4.69) is 142 Å². The van der Waals surface area contributed by atoms with Crippen molar-refractivity contribution in [3.63, 3.8) is 0 Å². The molecule has 0 aliphatic heterocycles. The second kappa shape index (κ2) is 9.89. The smallest absolute Gasteiger partial charge is 0.221 e. The molecule has 0 spiro atoms. The van der Waals surface area contributed by atoms with Gasteiger partial charge in [-0.2, -0.15) is 0 Å². The number of benzene rings is 7. The topological polar surface area (TPSA) is 48.3 Å². The fourth-order valence-electron chi connectivity index (χ4n) is 7.61. The molecule has 0 amide bonds. The van der Waals surface area contributed by atoms with Crippen LogP contribution in [0.4, 0.5) is 0 Å². The minimum atomic E-state index is 0.826. The van der Waals surface area contributed by atoms with Crippen LogP contribution in [0.3, 0.4) is 0 Å². The minimum Gasteiger partial charge on any atom is -0.456 e. The van der Waals surface area contributed by atoms with E-state index in [0.717, 1.165) is 77.6 Å². The zero-order valence-corrected chi connectivity index (χ0v) is 26.2. The van der Waals surface area contributed by atoms with Crippen LogP contribution >= 0.6 is 0 Å². The predicted octanol–water partition coefficient (Wildman–Crippen LogP) is 11.4. The quantitative estimate of drug-likeness (QED) is 0.196. The molecule has 0 N–H and O–H groups in total. The lowest BCUT2D eigenvalue weighted by atomic mass is 9.98. The van der Waals surface area contributed by atoms with Gasteiger partial charge in [-0.05, 0) is 82.9 Å². The highest BCUT2D eigenvalue weighted by atomic mass is 16.3. The summed E-state index contributed by atoms with van der Waals surface area (Å²) in [5.74, 6) is 0.826. The van der Waals surface area contributed by atoms with E-state index in [0.29, 0.717) is 0 Å². The molecule has 4 heterocycles. The van der Waals surface area contributed by atoms with Gasteiger partial charge in [0.2, 0.25) is 5.95 Å². The summed E-state index contributed by atoms with van der Waals surface area (Å²) in [7, 11) is 0. The van der Waals surface area contributed by atoms with Gasteiger partial charge < -0.3 is 4.42 Å². The first kappa shape index (κ1) is 26.4. The molecular formula is C44H26N4O. The molecule has 0 radical (unpaired) electrons. The van der Waals surface area contributed by atoms with E-state index in [1.165, 1.54) is 21.9 Å². The zero-order chi connectivity index (χ0) is 32.1. The zero-order valence-electron chi connectivity index (χ0n) is 26.2. The van der Waals surface area contributed by atoms with E-state index in [9.17, 15) is 0 Å². The Labute approximate surface area is 279 Å². The lowest BCUT2D eigenvalue weighted by Crippen LogP contribution is -2.06. The van der Waals surface area contributed by atoms with Crippen LogP contribution in [0, 0.1) is 0 Å². The summed E-state index contributed by atoms with van der Waals surface area (Å²) in [6, 6.07) is 55.5. The second-order valence-electron chi connectivity index (χ2n) is 12.7. The Morgan fingerprint density at radius 1 is 0.388 bits per heavy atom. The van der Waals surface area contributed by atoms with Gasteiger partial charge in [-0.25, -0.2) is 9.97 Å². The number of para-hydroxylation sites is 5. The van der Waals surface area contributed by atoms with Crippen LogP contribution in [0.25, 0.3) is 99.5 Å². The van der Waals surface area contributed by atoms with Crippen molar-refractivity contribution in [1.29, 1.82) is 0 Å². The highest BCUT2D eigenvalue weighted by molar-refractivity contribution is 6.11. The number of aromatic nitrogens is 4. The molecule has 7 aromatic carbocycles. The molecule has 0 saturated carbocycles. The molecule has 4 aromatic heterocycles. The monoisotopic (exact) mass is 626 g/mol. The van der Waals surface area contributed by atoms with Crippen LogP contribution in [0.5, 0.6) is 0 Å². The Morgan fingerprint density at radius 3 is 1.82 bits per heavy atom. The van der Waals surface area contributed by atoms with E-state index in [-0.39, 0.29) is 0 Å². The lowest BCUT2D eigenvalue weighted by Gasteiger charge is -2.12. The molecular weight excluding hydrogens is 601 g/mol. The second-order valence-corrected chi connectivity index (χ2v) is 12.7. The van der Waals surface area contributed by atoms with E-state index < -0.39 is 0 Å². The summed E-state index contributed by atoms with van der Waals surface area (Å²) in [5, 5.41) is 5.69. The minimum absolute atomic E-state index is 0.826. The average molecular weight is 627 g/mol. The molecule has 5 heteroatoms. The van der Waals surface area contributed by atoms with Gasteiger partial charge in [0.05, 0.1) is 27.6 Å². The molecule has 11 rings (SSSR count). The SMILES string of the molecule is c1ccc2c(c1)nc(-n1c3ccccc3c3cc(-c4ccc(-c5ccc6c(c5)oc5ccccc56)cc4)ccc31)n1c3ccccc3nc21. The van der Waals surface area contributed by atoms with Crippen molar-refractivity contribution in [2.45, 2.75) is 0 Å². The highest BCUT2D eigenvalue weighted by Crippen LogP contribution is 2.37. The number of fused-ring (bicyclic) bond motifs is 11. The molecule has 0 atom stereocenters. The maximum absolute atomic E-state index is 6.17. The van der Waals surface area contributed by atoms with Gasteiger partial charge in [0.1, 0.15) is 16.8 Å². The molecule has 228 valence electrons. The van der Waals surface area contributed by atoms with Crippen LogP contribution < -0.4 is 0 Å². The molecule has 0 unspecified atom stereocenters. The van der Waals surface area contributed by atoms with Crippen molar-refractivity contribution in [2.24, 2.45) is 0 Å². The predicted molar refractivity (Wildman–Crippen MR) is 200 cm³/mol. The van der Waals surface area contributed by atoms with Crippen molar-refractivity contribution in [2.75, 3.05) is 0 Å². The summed E-state index contributed by atoms with van der Waals surface area (Å²) in [6.45, 7) is 0. The van der Waals surface area contributed by atoms with E-state index in [4.69, 9.17) is 14.4 Å². The average Bonchev–Trinajstić information content (AvgIpc) is 3.84. The summed E-state index contributed by atoms with van der Waals surface area (Å²) in [4.78, 5) is 10.4. The van der Waals surface area contributed by atoms with Crippen LogP contribution in [0.1, 0.15) is 0 Å². The first-order chi connectivity index (χ1) is 24.3. The maximum Gasteiger partial charge on any atom is 0.221 e. The van der Waals surface area contributed by atoms with Gasteiger partial charge in [0.15, 0.2) is 0 Å². The van der Waals surface area contributed by atoms with E-state index >= 15 is 0 Å². The third kappa shape index (κ3) is 3.81. The number of imidazole rings is 1. The first-order valence-corrected chi connectivity index (χ1v) is 16.5. The fraction of sp³-hybridized carbons (Fsp3) is 0. The third-order valence-electron chi connectivity index (χ3n) is 9.93.